The molecule has 17 heteroatoms. The van der Waals surface area contributed by atoms with E-state index in [2.05, 4.69) is 0 Å². The van der Waals surface area contributed by atoms with Gasteiger partial charge < -0.3 is 37.7 Å². The Morgan fingerprint density at radius 3 is 0.471 bits per heavy atom. The van der Waals surface area contributed by atoms with Crippen molar-refractivity contribution in [2.24, 2.45) is 26.7 Å². The van der Waals surface area contributed by atoms with Crippen molar-refractivity contribution in [1.29, 1.82) is 0 Å². The van der Waals surface area contributed by atoms with Crippen molar-refractivity contribution >= 4 is 0 Å². The van der Waals surface area contributed by atoms with E-state index in [1.807, 2.05) is 0 Å². The van der Waals surface area contributed by atoms with Crippen LogP contribution in [-0.4, -0.2) is 31.5 Å². The quantitative estimate of drug-likeness (QED) is 0.251. The monoisotopic (exact) mass is 270 g/mol. The molecule has 17 heavy (non-hydrogen) atoms. The molecule has 0 heterocycles. The second-order valence-electron chi connectivity index (χ2n) is 0.408. The average Bonchev–Trinajstić information content (AvgIpc) is 2.09. The predicted octanol–water partition coefficient (Wildman–Crippen LogP) is 0.0473. The van der Waals surface area contributed by atoms with Crippen LogP contribution in [0.1, 0.15) is 0 Å². The molecule has 0 saturated heterocycles. The van der Waals surface area contributed by atoms with Crippen LogP contribution in [0.25, 0.3) is 0 Å². The minimum Gasteiger partial charge on any atom is -0.412 e. The third-order valence-corrected chi connectivity index (χ3v) is 0. The fourth-order valence-corrected chi connectivity index (χ4v) is 0. The van der Waals surface area contributed by atoms with E-state index in [0.717, 1.165) is 0 Å². The molecular formula is H10N6O11. The first-order valence-electron chi connectivity index (χ1n) is 1.91. The van der Waals surface area contributed by atoms with Gasteiger partial charge in [0.2, 0.25) is 0 Å². The van der Waals surface area contributed by atoms with Crippen LogP contribution in [0.15, 0.2) is 26.7 Å². The van der Waals surface area contributed by atoms with Crippen molar-refractivity contribution in [3.8, 4) is 0 Å². The van der Waals surface area contributed by atoms with E-state index in [4.69, 9.17) is 50.6 Å². The smallest absolute Gasteiger partial charge is 0.152 e. The van der Waals surface area contributed by atoms with Crippen LogP contribution in [-0.2, 0) is 0 Å². The first-order chi connectivity index (χ1) is 7.07. The maximum Gasteiger partial charge on any atom is 0.152 e. The molecule has 0 rings (SSSR count). The lowest BCUT2D eigenvalue weighted by atomic mass is 13.4. The summed E-state index contributed by atoms with van der Waals surface area (Å²) in [7, 11) is 0. The second kappa shape index (κ2) is 498. The van der Waals surface area contributed by atoms with Crippen LogP contribution in [0.2, 0.25) is 0 Å². The van der Waals surface area contributed by atoms with Gasteiger partial charge in [0.1, 0.15) is 0 Å². The van der Waals surface area contributed by atoms with Gasteiger partial charge in [0, 0.05) is 0 Å². The summed E-state index contributed by atoms with van der Waals surface area (Å²) in [5.41, 5.74) is 0. The Hall–Kier alpha value is -3.08. The molecule has 0 bridgehead atoms. The summed E-state index contributed by atoms with van der Waals surface area (Å²) in [5, 5.41) is 39.4. The molecule has 0 atom stereocenters. The van der Waals surface area contributed by atoms with Crippen LogP contribution < -0.4 is 6.15 Å². The summed E-state index contributed by atoms with van der Waals surface area (Å²) in [5.74, 6) is 0. The van der Waals surface area contributed by atoms with Gasteiger partial charge in [-0.2, -0.15) is 0 Å². The zero-order chi connectivity index (χ0) is 13.5. The second-order valence-corrected chi connectivity index (χ2v) is 0.408. The van der Waals surface area contributed by atoms with Crippen molar-refractivity contribution in [3.63, 3.8) is 0 Å². The average molecular weight is 270 g/mol. The highest BCUT2D eigenvalue weighted by molar-refractivity contribution is 3.84. The van der Waals surface area contributed by atoms with Crippen LogP contribution in [0.3, 0.4) is 0 Å². The number of hydrogen-bond acceptors (Lipinski definition) is 11. The Kier molecular flexibility index (Phi) is 1420. The molecule has 0 aliphatic heterocycles. The summed E-state index contributed by atoms with van der Waals surface area (Å²) in [6, 6.07) is 0. The molecule has 0 aromatic carbocycles. The largest absolute Gasteiger partial charge is 0.412 e. The summed E-state index contributed by atoms with van der Waals surface area (Å²) in [6.45, 7) is 0. The predicted molar refractivity (Wildman–Crippen MR) is 46.5 cm³/mol. The fraction of sp³-hybridized carbons (Fsp3) is 0. The lowest BCUT2D eigenvalue weighted by Crippen LogP contribution is -1.25. The summed E-state index contributed by atoms with van der Waals surface area (Å²) < 4.78 is 0. The Morgan fingerprint density at radius 1 is 0.471 bits per heavy atom. The van der Waals surface area contributed by atoms with Crippen LogP contribution in [0.5, 0.6) is 0 Å². The number of hydrogen-bond donors (Lipinski definition) is 6. The standard InChI is InChI=1S/5HNO2.H3N.H2O/c5*2-1-3;;/h5*(H,2,3);1H3;1H2. The third kappa shape index (κ3) is 162. The van der Waals surface area contributed by atoms with Gasteiger partial charge >= 0.3 is 0 Å². The van der Waals surface area contributed by atoms with E-state index in [-0.39, 0.29) is 11.6 Å². The Bertz CT molecular complexity index is 88.3. The van der Waals surface area contributed by atoms with E-state index in [9.17, 15) is 0 Å². The van der Waals surface area contributed by atoms with Crippen molar-refractivity contribution in [3.05, 3.63) is 24.5 Å². The van der Waals surface area contributed by atoms with Gasteiger partial charge in [0.15, 0.2) is 26.7 Å². The molecule has 0 aliphatic carbocycles. The maximum atomic E-state index is 8.11. The van der Waals surface area contributed by atoms with Gasteiger partial charge in [-0.3, -0.25) is 0 Å². The van der Waals surface area contributed by atoms with E-state index >= 15 is 0 Å². The molecule has 0 saturated carbocycles. The van der Waals surface area contributed by atoms with E-state index in [1.165, 1.54) is 26.7 Å². The molecule has 10 N–H and O–H groups in total. The highest BCUT2D eigenvalue weighted by Gasteiger charge is 1.19. The Balaban J connectivity index is -0.0000000143. The SMILES string of the molecule is N.O.O=NO.O=NO.O=NO.O=NO.O=NO. The van der Waals surface area contributed by atoms with E-state index < -0.39 is 0 Å². The van der Waals surface area contributed by atoms with Gasteiger partial charge in [-0.25, -0.2) is 0 Å². The zero-order valence-electron chi connectivity index (χ0n) is 7.72. The molecule has 17 nitrogen and oxygen atoms in total. The summed E-state index contributed by atoms with van der Waals surface area (Å²) >= 11 is 0. The summed E-state index contributed by atoms with van der Waals surface area (Å²) in [6.07, 6.45) is 0. The summed E-state index contributed by atoms with van der Waals surface area (Å²) in [4.78, 5) is 40.6. The Morgan fingerprint density at radius 2 is 0.471 bits per heavy atom. The first kappa shape index (κ1) is 48.5. The van der Waals surface area contributed by atoms with E-state index in [1.54, 1.807) is 0 Å². The van der Waals surface area contributed by atoms with Crippen molar-refractivity contribution in [2.75, 3.05) is 0 Å². The zero-order valence-corrected chi connectivity index (χ0v) is 7.72. The van der Waals surface area contributed by atoms with Crippen molar-refractivity contribution < 1.29 is 31.5 Å². The number of nitrogens with zero attached hydrogens (tertiary/aromatic N) is 5. The molecule has 0 unspecified atom stereocenters. The first-order valence-corrected chi connectivity index (χ1v) is 1.91. The normalized spacial score (nSPS) is 3.53. The van der Waals surface area contributed by atoms with Crippen molar-refractivity contribution in [1.82, 2.24) is 6.15 Å². The lowest BCUT2D eigenvalue weighted by molar-refractivity contribution is 0.312. The lowest BCUT2D eigenvalue weighted by Gasteiger charge is -1.32. The molecule has 0 fully saturated rings. The molecule has 0 aliphatic rings. The maximum absolute atomic E-state index is 8.11. The van der Waals surface area contributed by atoms with Gasteiger partial charge in [0.25, 0.3) is 0 Å². The van der Waals surface area contributed by atoms with Gasteiger partial charge in [-0.05, 0) is 0 Å². The number of rotatable bonds is 0. The molecule has 0 radical (unpaired) electrons. The third-order valence-electron chi connectivity index (χ3n) is 0. The topological polar surface area (TPSA) is 315 Å². The molecular weight excluding hydrogens is 260 g/mol. The van der Waals surface area contributed by atoms with Crippen LogP contribution >= 0.6 is 0 Å². The molecule has 106 valence electrons. The Labute approximate surface area is 90.2 Å². The van der Waals surface area contributed by atoms with Gasteiger partial charge in [0.05, 0.1) is 0 Å². The minimum atomic E-state index is 0. The fourth-order valence-electron chi connectivity index (χ4n) is 0. The van der Waals surface area contributed by atoms with Gasteiger partial charge in [-0.15, -0.1) is 24.5 Å². The van der Waals surface area contributed by atoms with Crippen molar-refractivity contribution in [2.45, 2.75) is 0 Å². The minimum absolute atomic E-state index is 0. The molecule has 0 spiro atoms. The highest BCUT2D eigenvalue weighted by atomic mass is 16.6. The van der Waals surface area contributed by atoms with E-state index in [0.29, 0.717) is 0 Å². The van der Waals surface area contributed by atoms with Gasteiger partial charge in [-0.1, -0.05) is 0 Å². The highest BCUT2D eigenvalue weighted by Crippen LogP contribution is 1.26. The van der Waals surface area contributed by atoms with Crippen LogP contribution in [0, 0.1) is 24.5 Å². The molecule has 0 aromatic rings. The van der Waals surface area contributed by atoms with Crippen LogP contribution in [0.4, 0.5) is 0 Å². The molecule has 0 amide bonds. The molecule has 0 aromatic heterocycles.